The number of carbonyl (C=O) groups is 1. The number of nitrogens with two attached hydrogens (primary N) is 1. The van der Waals surface area contributed by atoms with Crippen LogP contribution < -0.4 is 15.2 Å². The Bertz CT molecular complexity index is 1320. The van der Waals surface area contributed by atoms with E-state index in [9.17, 15) is 4.79 Å². The van der Waals surface area contributed by atoms with Crippen molar-refractivity contribution >= 4 is 16.8 Å². The third-order valence-electron chi connectivity index (χ3n) is 5.52. The molecule has 2 heterocycles. The zero-order valence-electron chi connectivity index (χ0n) is 18.8. The first kappa shape index (κ1) is 22.2. The lowest BCUT2D eigenvalue weighted by atomic mass is 9.94. The number of aromatic nitrogens is 3. The molecule has 0 aliphatic carbocycles. The summed E-state index contributed by atoms with van der Waals surface area (Å²) in [6, 6.07) is 13.5. The minimum atomic E-state index is -0.801. The Morgan fingerprint density at radius 3 is 2.30 bits per heavy atom. The molecule has 8 heteroatoms. The lowest BCUT2D eigenvalue weighted by Gasteiger charge is -2.15. The van der Waals surface area contributed by atoms with Gasteiger partial charge in [0.25, 0.3) is 11.8 Å². The van der Waals surface area contributed by atoms with Crippen molar-refractivity contribution in [3.05, 3.63) is 66.2 Å². The van der Waals surface area contributed by atoms with Crippen molar-refractivity contribution in [1.29, 1.82) is 0 Å². The molecule has 33 heavy (non-hydrogen) atoms. The van der Waals surface area contributed by atoms with E-state index in [2.05, 4.69) is 21.0 Å². The Hall–Kier alpha value is -4.04. The molecule has 4 rings (SSSR count). The van der Waals surface area contributed by atoms with Gasteiger partial charge in [0.05, 0.1) is 19.7 Å². The molecule has 1 atom stereocenters. The smallest absolute Gasteiger partial charge is 0.256 e. The van der Waals surface area contributed by atoms with Crippen molar-refractivity contribution in [2.24, 2.45) is 5.73 Å². The van der Waals surface area contributed by atoms with Gasteiger partial charge in [0.1, 0.15) is 6.33 Å². The minimum Gasteiger partial charge on any atom is -0.491 e. The number of methoxy groups -OCH3 is 3. The molecule has 2 N–H and O–H groups in total. The van der Waals surface area contributed by atoms with Crippen LogP contribution in [0.3, 0.4) is 0 Å². The molecule has 0 aliphatic rings. The first-order valence-electron chi connectivity index (χ1n) is 10.2. The van der Waals surface area contributed by atoms with E-state index in [0.717, 1.165) is 38.9 Å². The zero-order chi connectivity index (χ0) is 23.5. The number of pyridine rings is 1. The molecule has 0 saturated carbocycles. The first-order chi connectivity index (χ1) is 16.0. The predicted octanol–water partition coefficient (Wildman–Crippen LogP) is 3.86. The van der Waals surface area contributed by atoms with Crippen LogP contribution >= 0.6 is 0 Å². The van der Waals surface area contributed by atoms with Gasteiger partial charge in [-0.15, -0.1) is 0 Å². The topological polar surface area (TPSA) is 109 Å². The molecule has 0 bridgehead atoms. The second-order valence-corrected chi connectivity index (χ2v) is 7.45. The molecular formula is C25H24N4O4. The normalized spacial score (nSPS) is 11.9. The summed E-state index contributed by atoms with van der Waals surface area (Å²) in [5.74, 6) is 0.417. The van der Waals surface area contributed by atoms with Crippen LogP contribution in [-0.4, -0.2) is 42.2 Å². The average molecular weight is 444 g/mol. The van der Waals surface area contributed by atoms with Crippen LogP contribution in [0.5, 0.6) is 11.6 Å². The van der Waals surface area contributed by atoms with E-state index in [4.69, 9.17) is 19.9 Å². The highest BCUT2D eigenvalue weighted by Crippen LogP contribution is 2.36. The highest BCUT2D eigenvalue weighted by atomic mass is 16.5. The largest absolute Gasteiger partial charge is 0.491 e. The Balaban J connectivity index is 1.89. The molecule has 0 radical (unpaired) electrons. The van der Waals surface area contributed by atoms with E-state index in [1.165, 1.54) is 7.11 Å². The van der Waals surface area contributed by atoms with Crippen LogP contribution in [0, 0.1) is 6.92 Å². The van der Waals surface area contributed by atoms with Crippen molar-refractivity contribution in [2.45, 2.75) is 13.0 Å². The Morgan fingerprint density at radius 2 is 1.67 bits per heavy atom. The van der Waals surface area contributed by atoms with Gasteiger partial charge in [-0.3, -0.25) is 4.79 Å². The standard InChI is InChI=1S/C25H24N4O4/c1-14-19-9-17(18-11-21(31-2)25(33-4)27-12-18)10-20(22(19)29-13-28-14)15-5-7-16(8-6-15)23(32-3)24(26)30/h5-13,23H,1-4H3,(H2,26,30). The second-order valence-electron chi connectivity index (χ2n) is 7.45. The van der Waals surface area contributed by atoms with Gasteiger partial charge >= 0.3 is 0 Å². The molecule has 0 fully saturated rings. The first-order valence-corrected chi connectivity index (χ1v) is 10.2. The summed E-state index contributed by atoms with van der Waals surface area (Å²) >= 11 is 0. The third kappa shape index (κ3) is 4.20. The maximum absolute atomic E-state index is 11.7. The van der Waals surface area contributed by atoms with Crippen molar-refractivity contribution < 1.29 is 19.0 Å². The van der Waals surface area contributed by atoms with E-state index in [1.54, 1.807) is 26.7 Å². The van der Waals surface area contributed by atoms with Crippen LogP contribution in [0.25, 0.3) is 33.2 Å². The summed E-state index contributed by atoms with van der Waals surface area (Å²) in [5.41, 5.74) is 11.5. The van der Waals surface area contributed by atoms with Gasteiger partial charge in [-0.05, 0) is 41.8 Å². The minimum absolute atomic E-state index is 0.416. The van der Waals surface area contributed by atoms with Gasteiger partial charge in [0.15, 0.2) is 11.9 Å². The lowest BCUT2D eigenvalue weighted by molar-refractivity contribution is -0.128. The molecule has 1 amide bonds. The van der Waals surface area contributed by atoms with Gasteiger partial charge in [0.2, 0.25) is 0 Å². The number of aryl methyl sites for hydroxylation is 1. The van der Waals surface area contributed by atoms with Crippen molar-refractivity contribution in [2.75, 3.05) is 21.3 Å². The number of rotatable bonds is 7. The van der Waals surface area contributed by atoms with E-state index >= 15 is 0 Å². The molecule has 2 aromatic carbocycles. The maximum atomic E-state index is 11.7. The number of hydrogen-bond acceptors (Lipinski definition) is 7. The number of fused-ring (bicyclic) bond motifs is 1. The number of carbonyl (C=O) groups excluding carboxylic acids is 1. The number of nitrogens with zero attached hydrogens (tertiary/aromatic N) is 3. The van der Waals surface area contributed by atoms with Crippen molar-refractivity contribution in [1.82, 2.24) is 15.0 Å². The fourth-order valence-corrected chi connectivity index (χ4v) is 3.82. The van der Waals surface area contributed by atoms with Crippen molar-refractivity contribution in [3.8, 4) is 33.9 Å². The number of amides is 1. The summed E-state index contributed by atoms with van der Waals surface area (Å²) in [6.45, 7) is 1.95. The number of benzene rings is 2. The molecule has 0 aliphatic heterocycles. The van der Waals surface area contributed by atoms with Crippen molar-refractivity contribution in [3.63, 3.8) is 0 Å². The fraction of sp³-hybridized carbons (Fsp3) is 0.200. The van der Waals surface area contributed by atoms with Gasteiger partial charge in [-0.1, -0.05) is 24.3 Å². The van der Waals surface area contributed by atoms with E-state index in [0.29, 0.717) is 17.2 Å². The van der Waals surface area contributed by atoms with E-state index < -0.39 is 12.0 Å². The fourth-order valence-electron chi connectivity index (χ4n) is 3.82. The molecule has 0 spiro atoms. The number of ether oxygens (including phenoxy) is 3. The van der Waals surface area contributed by atoms with Crippen LogP contribution in [-0.2, 0) is 9.53 Å². The van der Waals surface area contributed by atoms with Gasteiger partial charge < -0.3 is 19.9 Å². The van der Waals surface area contributed by atoms with Gasteiger partial charge in [0, 0.05) is 35.5 Å². The molecule has 168 valence electrons. The highest BCUT2D eigenvalue weighted by molar-refractivity contribution is 5.98. The molecule has 1 unspecified atom stereocenters. The van der Waals surface area contributed by atoms with Crippen LogP contribution in [0.2, 0.25) is 0 Å². The molecule has 0 saturated heterocycles. The Morgan fingerprint density at radius 1 is 0.909 bits per heavy atom. The monoisotopic (exact) mass is 444 g/mol. The Labute approximate surface area is 191 Å². The number of primary amides is 1. The summed E-state index contributed by atoms with van der Waals surface area (Å²) in [7, 11) is 4.58. The number of hydrogen-bond donors (Lipinski definition) is 1. The molecule has 2 aromatic heterocycles. The van der Waals surface area contributed by atoms with Gasteiger partial charge in [-0.2, -0.15) is 0 Å². The molecule has 8 nitrogen and oxygen atoms in total. The Kier molecular flexibility index (Phi) is 6.19. The van der Waals surface area contributed by atoms with Crippen LogP contribution in [0.15, 0.2) is 55.0 Å². The van der Waals surface area contributed by atoms with Crippen LogP contribution in [0.4, 0.5) is 0 Å². The molecular weight excluding hydrogens is 420 g/mol. The second kappa shape index (κ2) is 9.22. The summed E-state index contributed by atoms with van der Waals surface area (Å²) in [4.78, 5) is 24.9. The third-order valence-corrected chi connectivity index (χ3v) is 5.52. The summed E-state index contributed by atoms with van der Waals surface area (Å²) in [6.07, 6.45) is 2.50. The SMILES string of the molecule is COc1cc(-c2cc(-c3ccc(C(OC)C(N)=O)cc3)c3ncnc(C)c3c2)cnc1OC. The maximum Gasteiger partial charge on any atom is 0.256 e. The van der Waals surface area contributed by atoms with E-state index in [-0.39, 0.29) is 0 Å². The predicted molar refractivity (Wildman–Crippen MR) is 125 cm³/mol. The lowest BCUT2D eigenvalue weighted by Crippen LogP contribution is -2.22. The quantitative estimate of drug-likeness (QED) is 0.461. The highest BCUT2D eigenvalue weighted by Gasteiger charge is 2.18. The van der Waals surface area contributed by atoms with Gasteiger partial charge in [-0.25, -0.2) is 15.0 Å². The average Bonchev–Trinajstić information content (AvgIpc) is 2.84. The van der Waals surface area contributed by atoms with Crippen LogP contribution in [0.1, 0.15) is 17.4 Å². The molecule has 4 aromatic rings. The summed E-state index contributed by atoms with van der Waals surface area (Å²) < 4.78 is 15.9. The van der Waals surface area contributed by atoms with E-state index in [1.807, 2.05) is 43.3 Å². The summed E-state index contributed by atoms with van der Waals surface area (Å²) in [5, 5.41) is 0.927. The zero-order valence-corrected chi connectivity index (χ0v) is 18.8.